The number of rotatable bonds is 9. The summed E-state index contributed by atoms with van der Waals surface area (Å²) in [5.74, 6) is 0.686. The molecule has 2 aromatic rings. The lowest BCUT2D eigenvalue weighted by Gasteiger charge is -2.28. The van der Waals surface area contributed by atoms with Crippen LogP contribution in [0.3, 0.4) is 0 Å². The molecule has 0 fully saturated rings. The predicted molar refractivity (Wildman–Crippen MR) is 119 cm³/mol. The molecule has 0 saturated carbocycles. The van der Waals surface area contributed by atoms with E-state index in [4.69, 9.17) is 21.1 Å². The molecule has 0 aromatic heterocycles. The van der Waals surface area contributed by atoms with Gasteiger partial charge in [-0.1, -0.05) is 17.7 Å². The van der Waals surface area contributed by atoms with Crippen molar-refractivity contribution >= 4 is 33.2 Å². The molecule has 0 aliphatic rings. The molecule has 0 radical (unpaired) electrons. The molecule has 0 bridgehead atoms. The normalized spacial score (nSPS) is 12.2. The molecule has 1 unspecified atom stereocenters. The van der Waals surface area contributed by atoms with Crippen LogP contribution in [0.15, 0.2) is 36.4 Å². The number of amides is 1. The van der Waals surface area contributed by atoms with Crippen LogP contribution in [0, 0.1) is 13.8 Å². The highest BCUT2D eigenvalue weighted by Gasteiger charge is 2.29. The number of ether oxygens (including phenoxy) is 2. The number of hydrogen-bond donors (Lipinski definition) is 1. The predicted octanol–water partition coefficient (Wildman–Crippen LogP) is 3.32. The topological polar surface area (TPSA) is 84.9 Å². The minimum absolute atomic E-state index is 0.233. The van der Waals surface area contributed by atoms with Crippen LogP contribution in [0.4, 0.5) is 5.69 Å². The maximum absolute atomic E-state index is 12.6. The van der Waals surface area contributed by atoms with Crippen LogP contribution in [0.1, 0.15) is 18.1 Å². The number of carbonyl (C=O) groups is 1. The first kappa shape index (κ1) is 23.8. The molecular weight excluding hydrogens is 428 g/mol. The van der Waals surface area contributed by atoms with Gasteiger partial charge in [-0.05, 0) is 62.2 Å². The smallest absolute Gasteiger partial charge is 0.243 e. The third-order valence-electron chi connectivity index (χ3n) is 4.34. The zero-order valence-electron chi connectivity index (χ0n) is 17.7. The van der Waals surface area contributed by atoms with Gasteiger partial charge in [0.2, 0.25) is 15.9 Å². The summed E-state index contributed by atoms with van der Waals surface area (Å²) < 4.78 is 36.5. The average Bonchev–Trinajstić information content (AvgIpc) is 2.63. The molecule has 1 amide bonds. The Morgan fingerprint density at radius 2 is 1.80 bits per heavy atom. The average molecular weight is 455 g/mol. The summed E-state index contributed by atoms with van der Waals surface area (Å²) in [6.07, 6.45) is 1.04. The summed E-state index contributed by atoms with van der Waals surface area (Å²) in [6.45, 7) is 5.97. The maximum atomic E-state index is 12.6. The van der Waals surface area contributed by atoms with Gasteiger partial charge in [0.25, 0.3) is 0 Å². The van der Waals surface area contributed by atoms with E-state index < -0.39 is 22.0 Å². The van der Waals surface area contributed by atoms with Gasteiger partial charge in [0, 0.05) is 0 Å². The van der Waals surface area contributed by atoms with Crippen LogP contribution in [0.25, 0.3) is 0 Å². The number of halogens is 1. The number of hydrogen-bond acceptors (Lipinski definition) is 5. The zero-order valence-corrected chi connectivity index (χ0v) is 19.3. The highest BCUT2D eigenvalue weighted by Crippen LogP contribution is 2.31. The van der Waals surface area contributed by atoms with Crippen molar-refractivity contribution in [1.82, 2.24) is 5.32 Å². The number of nitrogens with zero attached hydrogens (tertiary/aromatic N) is 1. The zero-order chi connectivity index (χ0) is 22.5. The second-order valence-corrected chi connectivity index (χ2v) is 9.28. The van der Waals surface area contributed by atoms with Crippen molar-refractivity contribution in [2.75, 3.05) is 30.8 Å². The molecule has 0 aliphatic carbocycles. The van der Waals surface area contributed by atoms with Crippen LogP contribution in [-0.4, -0.2) is 46.9 Å². The Balaban J connectivity index is 2.04. The quantitative estimate of drug-likeness (QED) is 0.587. The molecule has 0 heterocycles. The summed E-state index contributed by atoms with van der Waals surface area (Å²) in [5, 5.41) is 2.96. The Morgan fingerprint density at radius 3 is 2.33 bits per heavy atom. The van der Waals surface area contributed by atoms with Gasteiger partial charge in [0.1, 0.15) is 24.1 Å². The van der Waals surface area contributed by atoms with E-state index in [1.165, 1.54) is 20.1 Å². The first-order valence-corrected chi connectivity index (χ1v) is 11.6. The summed E-state index contributed by atoms with van der Waals surface area (Å²) in [4.78, 5) is 12.6. The molecule has 7 nitrogen and oxygen atoms in total. The van der Waals surface area contributed by atoms with Crippen molar-refractivity contribution in [2.24, 2.45) is 0 Å². The van der Waals surface area contributed by atoms with Crippen molar-refractivity contribution < 1.29 is 22.7 Å². The Labute approximate surface area is 183 Å². The van der Waals surface area contributed by atoms with Gasteiger partial charge in [0.15, 0.2) is 0 Å². The minimum Gasteiger partial charge on any atom is -0.495 e. The van der Waals surface area contributed by atoms with E-state index >= 15 is 0 Å². The summed E-state index contributed by atoms with van der Waals surface area (Å²) in [5.41, 5.74) is 2.45. The van der Waals surface area contributed by atoms with E-state index in [1.807, 2.05) is 32.0 Å². The Bertz CT molecular complexity index is 990. The van der Waals surface area contributed by atoms with E-state index in [2.05, 4.69) is 5.32 Å². The van der Waals surface area contributed by atoms with Gasteiger partial charge in [-0.25, -0.2) is 8.42 Å². The fourth-order valence-electron chi connectivity index (χ4n) is 3.11. The highest BCUT2D eigenvalue weighted by atomic mass is 35.5. The van der Waals surface area contributed by atoms with Crippen LogP contribution in [0.5, 0.6) is 11.5 Å². The summed E-state index contributed by atoms with van der Waals surface area (Å²) in [6, 6.07) is 9.44. The first-order chi connectivity index (χ1) is 14.0. The van der Waals surface area contributed by atoms with Gasteiger partial charge < -0.3 is 14.8 Å². The van der Waals surface area contributed by atoms with E-state index in [0.29, 0.717) is 5.75 Å². The van der Waals surface area contributed by atoms with Crippen LogP contribution >= 0.6 is 11.6 Å². The minimum atomic E-state index is -3.74. The van der Waals surface area contributed by atoms with E-state index in [-0.39, 0.29) is 23.9 Å². The standard InChI is InChI=1S/C21H27ClN2O5S/c1-14-10-15(2)12-18(11-14)29-9-8-23-21(25)16(3)24(30(5,26)27)17-6-7-20(28-4)19(22)13-17/h6-7,10-13,16H,8-9H2,1-5H3,(H,23,25). The molecule has 0 saturated heterocycles. The van der Waals surface area contributed by atoms with Crippen molar-refractivity contribution in [2.45, 2.75) is 26.8 Å². The summed E-state index contributed by atoms with van der Waals surface area (Å²) in [7, 11) is -2.28. The molecule has 0 aliphatic heterocycles. The third-order valence-corrected chi connectivity index (χ3v) is 5.88. The van der Waals surface area contributed by atoms with E-state index in [1.54, 1.807) is 12.1 Å². The van der Waals surface area contributed by atoms with Crippen molar-refractivity contribution in [3.63, 3.8) is 0 Å². The number of aryl methyl sites for hydroxylation is 2. The molecule has 30 heavy (non-hydrogen) atoms. The number of anilines is 1. The lowest BCUT2D eigenvalue weighted by Crippen LogP contribution is -2.48. The van der Waals surface area contributed by atoms with Gasteiger partial charge in [0.05, 0.1) is 30.6 Å². The largest absolute Gasteiger partial charge is 0.495 e. The maximum Gasteiger partial charge on any atom is 0.243 e. The number of benzene rings is 2. The highest BCUT2D eigenvalue weighted by molar-refractivity contribution is 7.92. The van der Waals surface area contributed by atoms with Crippen LogP contribution in [-0.2, 0) is 14.8 Å². The second-order valence-electron chi connectivity index (χ2n) is 7.02. The Morgan fingerprint density at radius 1 is 1.17 bits per heavy atom. The summed E-state index contributed by atoms with van der Waals surface area (Å²) >= 11 is 6.13. The second kappa shape index (κ2) is 10.0. The number of carbonyl (C=O) groups excluding carboxylic acids is 1. The van der Waals surface area contributed by atoms with Gasteiger partial charge >= 0.3 is 0 Å². The third kappa shape index (κ3) is 6.27. The lowest BCUT2D eigenvalue weighted by molar-refractivity contribution is -0.121. The molecule has 164 valence electrons. The fourth-order valence-corrected chi connectivity index (χ4v) is 4.53. The van der Waals surface area contributed by atoms with Gasteiger partial charge in [-0.15, -0.1) is 0 Å². The molecule has 1 atom stereocenters. The number of sulfonamides is 1. The fraction of sp³-hybridized carbons (Fsp3) is 0.381. The SMILES string of the molecule is COc1ccc(N(C(C)C(=O)NCCOc2cc(C)cc(C)c2)S(C)(=O)=O)cc1Cl. The van der Waals surface area contributed by atoms with Gasteiger partial charge in [-0.2, -0.15) is 0 Å². The molecule has 2 rings (SSSR count). The molecular formula is C21H27ClN2O5S. The lowest BCUT2D eigenvalue weighted by atomic mass is 10.1. The monoisotopic (exact) mass is 454 g/mol. The Kier molecular flexibility index (Phi) is 7.97. The van der Waals surface area contributed by atoms with Gasteiger partial charge in [-0.3, -0.25) is 9.10 Å². The number of methoxy groups -OCH3 is 1. The molecule has 1 N–H and O–H groups in total. The molecule has 0 spiro atoms. The Hall–Kier alpha value is -2.45. The van der Waals surface area contributed by atoms with E-state index in [0.717, 1.165) is 27.4 Å². The molecule has 2 aromatic carbocycles. The van der Waals surface area contributed by atoms with E-state index in [9.17, 15) is 13.2 Å². The number of nitrogens with one attached hydrogen (secondary N) is 1. The van der Waals surface area contributed by atoms with Crippen molar-refractivity contribution in [3.8, 4) is 11.5 Å². The van der Waals surface area contributed by atoms with Crippen molar-refractivity contribution in [1.29, 1.82) is 0 Å². The van der Waals surface area contributed by atoms with Crippen LogP contribution in [0.2, 0.25) is 5.02 Å². The molecule has 9 heteroatoms. The van der Waals surface area contributed by atoms with Crippen LogP contribution < -0.4 is 19.1 Å². The van der Waals surface area contributed by atoms with Crippen molar-refractivity contribution in [3.05, 3.63) is 52.5 Å². The first-order valence-electron chi connectivity index (χ1n) is 9.34.